The van der Waals surface area contributed by atoms with E-state index in [1.165, 1.54) is 5.56 Å². The van der Waals surface area contributed by atoms with Crippen molar-refractivity contribution in [3.8, 4) is 16.9 Å². The zero-order valence-electron chi connectivity index (χ0n) is 8.90. The van der Waals surface area contributed by atoms with Gasteiger partial charge < -0.3 is 4.74 Å². The summed E-state index contributed by atoms with van der Waals surface area (Å²) in [6.07, 6.45) is 1.82. The molecule has 0 aliphatic rings. The van der Waals surface area contributed by atoms with E-state index in [0.29, 0.717) is 0 Å². The summed E-state index contributed by atoms with van der Waals surface area (Å²) < 4.78 is 5.19. The average Bonchev–Trinajstić information content (AvgIpc) is 2.29. The van der Waals surface area contributed by atoms with Crippen LogP contribution in [0.15, 0.2) is 42.6 Å². The van der Waals surface area contributed by atoms with Crippen LogP contribution in [0.1, 0.15) is 5.69 Å². The van der Waals surface area contributed by atoms with Gasteiger partial charge in [0.1, 0.15) is 5.75 Å². The van der Waals surface area contributed by atoms with Gasteiger partial charge in [-0.25, -0.2) is 0 Å². The van der Waals surface area contributed by atoms with E-state index in [2.05, 4.69) is 17.1 Å². The van der Waals surface area contributed by atoms with Crippen LogP contribution in [0, 0.1) is 6.92 Å². The van der Waals surface area contributed by atoms with Gasteiger partial charge in [-0.15, -0.1) is 0 Å². The lowest BCUT2D eigenvalue weighted by atomic mass is 10.1. The fraction of sp³-hybridized carbons (Fsp3) is 0.154. The fourth-order valence-corrected chi connectivity index (χ4v) is 1.53. The van der Waals surface area contributed by atoms with Crippen molar-refractivity contribution >= 4 is 0 Å². The maximum atomic E-state index is 5.19. The quantitative estimate of drug-likeness (QED) is 0.741. The highest BCUT2D eigenvalue weighted by Gasteiger charge is 1.99. The van der Waals surface area contributed by atoms with Crippen LogP contribution in [0.5, 0.6) is 5.75 Å². The lowest BCUT2D eigenvalue weighted by Gasteiger charge is -2.04. The summed E-state index contributed by atoms with van der Waals surface area (Å²) in [6, 6.07) is 12.1. The van der Waals surface area contributed by atoms with Gasteiger partial charge in [0.25, 0.3) is 0 Å². The summed E-state index contributed by atoms with van der Waals surface area (Å²) in [5, 5.41) is 0. The van der Waals surface area contributed by atoms with Crippen LogP contribution in [0.4, 0.5) is 0 Å². The third kappa shape index (κ3) is 2.15. The molecule has 0 amide bonds. The van der Waals surface area contributed by atoms with Gasteiger partial charge in [-0.1, -0.05) is 12.1 Å². The van der Waals surface area contributed by atoms with Gasteiger partial charge in [0.15, 0.2) is 0 Å². The monoisotopic (exact) mass is 199 g/mol. The summed E-state index contributed by atoms with van der Waals surface area (Å²) in [7, 11) is 1.68. The van der Waals surface area contributed by atoms with Crippen LogP contribution in [0.3, 0.4) is 0 Å². The van der Waals surface area contributed by atoms with Crippen LogP contribution in [-0.2, 0) is 0 Å². The predicted octanol–water partition coefficient (Wildman–Crippen LogP) is 3.07. The topological polar surface area (TPSA) is 22.1 Å². The maximum absolute atomic E-state index is 5.19. The number of nitrogens with zero attached hydrogens (tertiary/aromatic N) is 1. The average molecular weight is 199 g/mol. The molecule has 2 heteroatoms. The van der Waals surface area contributed by atoms with Gasteiger partial charge in [-0.3, -0.25) is 4.98 Å². The SMILES string of the molecule is COc1cccc(-c2ccnc(C)c2)c1. The first kappa shape index (κ1) is 9.71. The number of rotatable bonds is 2. The van der Waals surface area contributed by atoms with E-state index in [1.807, 2.05) is 37.4 Å². The van der Waals surface area contributed by atoms with Crippen molar-refractivity contribution in [2.75, 3.05) is 7.11 Å². The summed E-state index contributed by atoms with van der Waals surface area (Å²) >= 11 is 0. The number of aryl methyl sites for hydroxylation is 1. The molecular weight excluding hydrogens is 186 g/mol. The first-order valence-corrected chi connectivity index (χ1v) is 4.86. The molecule has 0 saturated carbocycles. The Labute approximate surface area is 89.6 Å². The van der Waals surface area contributed by atoms with Crippen molar-refractivity contribution in [2.45, 2.75) is 6.92 Å². The Morgan fingerprint density at radius 2 is 1.87 bits per heavy atom. The van der Waals surface area contributed by atoms with Gasteiger partial charge in [-0.2, -0.15) is 0 Å². The number of ether oxygens (including phenoxy) is 1. The summed E-state index contributed by atoms with van der Waals surface area (Å²) in [4.78, 5) is 4.18. The molecular formula is C13H13NO. The Kier molecular flexibility index (Phi) is 2.68. The number of pyridine rings is 1. The van der Waals surface area contributed by atoms with E-state index in [-0.39, 0.29) is 0 Å². The summed E-state index contributed by atoms with van der Waals surface area (Å²) in [6.45, 7) is 1.99. The first-order chi connectivity index (χ1) is 7.29. The summed E-state index contributed by atoms with van der Waals surface area (Å²) in [5.41, 5.74) is 3.34. The molecule has 0 spiro atoms. The fourth-order valence-electron chi connectivity index (χ4n) is 1.53. The van der Waals surface area contributed by atoms with Gasteiger partial charge >= 0.3 is 0 Å². The Morgan fingerprint density at radius 3 is 2.60 bits per heavy atom. The molecule has 15 heavy (non-hydrogen) atoms. The standard InChI is InChI=1S/C13H13NO/c1-10-8-12(6-7-14-10)11-4-3-5-13(9-11)15-2/h3-9H,1-2H3. The molecule has 0 bridgehead atoms. The number of benzene rings is 1. The molecule has 2 rings (SSSR count). The number of hydrogen-bond donors (Lipinski definition) is 0. The van der Waals surface area contributed by atoms with E-state index >= 15 is 0 Å². The van der Waals surface area contributed by atoms with Gasteiger partial charge in [0.05, 0.1) is 7.11 Å². The minimum Gasteiger partial charge on any atom is -0.497 e. The Bertz CT molecular complexity index is 466. The van der Waals surface area contributed by atoms with Crippen molar-refractivity contribution in [3.05, 3.63) is 48.3 Å². The molecule has 0 fully saturated rings. The van der Waals surface area contributed by atoms with Crippen LogP contribution < -0.4 is 4.74 Å². The molecule has 0 radical (unpaired) electrons. The summed E-state index contributed by atoms with van der Waals surface area (Å²) in [5.74, 6) is 0.877. The minimum atomic E-state index is 0.877. The lowest BCUT2D eigenvalue weighted by Crippen LogP contribution is -1.85. The molecule has 0 aliphatic carbocycles. The molecule has 2 nitrogen and oxygen atoms in total. The maximum Gasteiger partial charge on any atom is 0.119 e. The predicted molar refractivity (Wildman–Crippen MR) is 61.0 cm³/mol. The molecule has 1 heterocycles. The number of aromatic nitrogens is 1. The molecule has 0 saturated heterocycles. The largest absolute Gasteiger partial charge is 0.497 e. The molecule has 1 aromatic carbocycles. The van der Waals surface area contributed by atoms with Gasteiger partial charge in [-0.05, 0) is 42.3 Å². The second-order valence-electron chi connectivity index (χ2n) is 3.42. The Balaban J connectivity index is 2.44. The van der Waals surface area contributed by atoms with Crippen molar-refractivity contribution < 1.29 is 4.74 Å². The van der Waals surface area contributed by atoms with Crippen molar-refractivity contribution in [2.24, 2.45) is 0 Å². The third-order valence-corrected chi connectivity index (χ3v) is 2.30. The molecule has 0 aliphatic heterocycles. The smallest absolute Gasteiger partial charge is 0.119 e. The van der Waals surface area contributed by atoms with E-state index < -0.39 is 0 Å². The normalized spacial score (nSPS) is 10.0. The van der Waals surface area contributed by atoms with Gasteiger partial charge in [0.2, 0.25) is 0 Å². The van der Waals surface area contributed by atoms with E-state index in [9.17, 15) is 0 Å². The molecule has 2 aromatic rings. The van der Waals surface area contributed by atoms with Gasteiger partial charge in [0, 0.05) is 11.9 Å². The van der Waals surface area contributed by atoms with Crippen LogP contribution in [0.25, 0.3) is 11.1 Å². The molecule has 0 atom stereocenters. The minimum absolute atomic E-state index is 0.877. The zero-order valence-corrected chi connectivity index (χ0v) is 8.90. The van der Waals surface area contributed by atoms with E-state index in [0.717, 1.165) is 17.0 Å². The van der Waals surface area contributed by atoms with Crippen molar-refractivity contribution in [1.82, 2.24) is 4.98 Å². The second kappa shape index (κ2) is 4.13. The molecule has 0 unspecified atom stereocenters. The number of hydrogen-bond acceptors (Lipinski definition) is 2. The Morgan fingerprint density at radius 1 is 1.07 bits per heavy atom. The van der Waals surface area contributed by atoms with Crippen LogP contribution >= 0.6 is 0 Å². The molecule has 76 valence electrons. The second-order valence-corrected chi connectivity index (χ2v) is 3.42. The lowest BCUT2D eigenvalue weighted by molar-refractivity contribution is 0.415. The zero-order chi connectivity index (χ0) is 10.7. The first-order valence-electron chi connectivity index (χ1n) is 4.86. The van der Waals surface area contributed by atoms with Crippen LogP contribution in [-0.4, -0.2) is 12.1 Å². The highest BCUT2D eigenvalue weighted by atomic mass is 16.5. The molecule has 1 aromatic heterocycles. The van der Waals surface area contributed by atoms with Crippen LogP contribution in [0.2, 0.25) is 0 Å². The van der Waals surface area contributed by atoms with Crippen molar-refractivity contribution in [3.63, 3.8) is 0 Å². The van der Waals surface area contributed by atoms with Crippen molar-refractivity contribution in [1.29, 1.82) is 0 Å². The van der Waals surface area contributed by atoms with E-state index in [1.54, 1.807) is 7.11 Å². The molecule has 0 N–H and O–H groups in total. The highest BCUT2D eigenvalue weighted by molar-refractivity contribution is 5.64. The third-order valence-electron chi connectivity index (χ3n) is 2.30. The Hall–Kier alpha value is -1.83. The highest BCUT2D eigenvalue weighted by Crippen LogP contribution is 2.23. The number of methoxy groups -OCH3 is 1. The van der Waals surface area contributed by atoms with E-state index in [4.69, 9.17) is 4.74 Å².